The third-order valence-electron chi connectivity index (χ3n) is 6.58. The van der Waals surface area contributed by atoms with E-state index in [0.717, 1.165) is 42.4 Å². The van der Waals surface area contributed by atoms with Gasteiger partial charge in [0.2, 0.25) is 5.91 Å². The summed E-state index contributed by atoms with van der Waals surface area (Å²) >= 11 is 0. The minimum atomic E-state index is -1.10. The van der Waals surface area contributed by atoms with Gasteiger partial charge in [-0.1, -0.05) is 43.5 Å². The summed E-state index contributed by atoms with van der Waals surface area (Å²) in [4.78, 5) is 32.3. The van der Waals surface area contributed by atoms with Gasteiger partial charge in [-0.25, -0.2) is 0 Å². The molecule has 1 aromatic carbocycles. The predicted molar refractivity (Wildman–Crippen MR) is 119 cm³/mol. The Balaban J connectivity index is 1.62. The van der Waals surface area contributed by atoms with Gasteiger partial charge in [0, 0.05) is 38.3 Å². The fourth-order valence-corrected chi connectivity index (χ4v) is 4.93. The number of ether oxygens (including phenoxy) is 1. The summed E-state index contributed by atoms with van der Waals surface area (Å²) in [6.07, 6.45) is 9.27. The van der Waals surface area contributed by atoms with Gasteiger partial charge in [0.25, 0.3) is 5.91 Å². The minimum Gasteiger partial charge on any atom is -0.361 e. The van der Waals surface area contributed by atoms with Crippen LogP contribution in [0.25, 0.3) is 11.1 Å². The molecule has 0 bridgehead atoms. The first-order valence-electron chi connectivity index (χ1n) is 11.3. The Bertz CT molecular complexity index is 911. The van der Waals surface area contributed by atoms with Crippen molar-refractivity contribution in [3.63, 3.8) is 0 Å². The van der Waals surface area contributed by atoms with E-state index in [0.29, 0.717) is 19.6 Å². The van der Waals surface area contributed by atoms with E-state index in [2.05, 4.69) is 16.4 Å². The fourth-order valence-electron chi connectivity index (χ4n) is 4.93. The Hall–Kier alpha value is -2.73. The molecule has 1 unspecified atom stereocenters. The van der Waals surface area contributed by atoms with Crippen molar-refractivity contribution in [3.05, 3.63) is 54.4 Å². The summed E-state index contributed by atoms with van der Waals surface area (Å²) in [7, 11) is 1.63. The number of hydrogen-bond donors (Lipinski definition) is 1. The highest BCUT2D eigenvalue weighted by Crippen LogP contribution is 2.32. The third kappa shape index (κ3) is 4.64. The molecule has 31 heavy (non-hydrogen) atoms. The maximum atomic E-state index is 13.2. The first-order valence-corrected chi connectivity index (χ1v) is 11.3. The molecule has 1 atom stereocenters. The number of amides is 2. The van der Waals surface area contributed by atoms with Crippen LogP contribution in [-0.4, -0.2) is 54.0 Å². The van der Waals surface area contributed by atoms with Crippen molar-refractivity contribution in [2.24, 2.45) is 5.92 Å². The van der Waals surface area contributed by atoms with E-state index < -0.39 is 5.60 Å². The molecule has 1 aliphatic carbocycles. The Labute approximate surface area is 184 Å². The van der Waals surface area contributed by atoms with Crippen LogP contribution < -0.4 is 5.32 Å². The highest BCUT2D eigenvalue weighted by Gasteiger charge is 2.45. The van der Waals surface area contributed by atoms with Crippen LogP contribution in [0.1, 0.15) is 37.7 Å². The van der Waals surface area contributed by atoms with Crippen LogP contribution in [0.4, 0.5) is 0 Å². The highest BCUT2D eigenvalue weighted by molar-refractivity contribution is 5.88. The highest BCUT2D eigenvalue weighted by atomic mass is 16.5. The Kier molecular flexibility index (Phi) is 6.66. The van der Waals surface area contributed by atoms with E-state index in [4.69, 9.17) is 4.74 Å². The van der Waals surface area contributed by atoms with Crippen LogP contribution in [-0.2, 0) is 20.7 Å². The quantitative estimate of drug-likeness (QED) is 0.805. The van der Waals surface area contributed by atoms with E-state index in [-0.39, 0.29) is 24.3 Å². The van der Waals surface area contributed by atoms with Crippen LogP contribution in [0.2, 0.25) is 0 Å². The first-order chi connectivity index (χ1) is 15.1. The van der Waals surface area contributed by atoms with Gasteiger partial charge in [0.15, 0.2) is 5.60 Å². The Morgan fingerprint density at radius 1 is 1.13 bits per heavy atom. The van der Waals surface area contributed by atoms with E-state index >= 15 is 0 Å². The molecule has 0 spiro atoms. The number of nitrogens with one attached hydrogen (secondary N) is 1. The van der Waals surface area contributed by atoms with E-state index in [1.807, 2.05) is 35.2 Å². The minimum absolute atomic E-state index is 0.0818. The normalized spacial score (nSPS) is 22.2. The molecule has 1 saturated carbocycles. The number of morpholine rings is 1. The number of benzene rings is 1. The molecule has 1 N–H and O–H groups in total. The van der Waals surface area contributed by atoms with Crippen molar-refractivity contribution < 1.29 is 14.3 Å². The average molecular weight is 422 g/mol. The largest absolute Gasteiger partial charge is 0.361 e. The van der Waals surface area contributed by atoms with Gasteiger partial charge in [0.05, 0.1) is 13.2 Å². The number of rotatable bonds is 5. The molecule has 6 heteroatoms. The summed E-state index contributed by atoms with van der Waals surface area (Å²) in [5.74, 6) is 0.0789. The smallest absolute Gasteiger partial charge is 0.254 e. The van der Waals surface area contributed by atoms with Crippen molar-refractivity contribution in [1.82, 2.24) is 15.2 Å². The average Bonchev–Trinajstić information content (AvgIpc) is 2.84. The molecule has 0 radical (unpaired) electrons. The monoisotopic (exact) mass is 421 g/mol. The molecule has 2 aliphatic rings. The lowest BCUT2D eigenvalue weighted by molar-refractivity contribution is -0.167. The standard InChI is InChI=1S/C25H31N3O3/c1-26-24(30)25(17-21-9-5-6-10-22(21)19-11-13-27-14-12-19)18-28(15-16-31-25)23(29)20-7-3-2-4-8-20/h5-6,9-14,20H,2-4,7-8,15-18H2,1H3,(H,26,30). The summed E-state index contributed by atoms with van der Waals surface area (Å²) in [5, 5.41) is 2.78. The van der Waals surface area contributed by atoms with Crippen LogP contribution in [0.15, 0.2) is 48.8 Å². The fraction of sp³-hybridized carbons (Fsp3) is 0.480. The van der Waals surface area contributed by atoms with Gasteiger partial charge in [-0.05, 0) is 41.7 Å². The maximum absolute atomic E-state index is 13.2. The number of aromatic nitrogens is 1. The van der Waals surface area contributed by atoms with Gasteiger partial charge in [-0.15, -0.1) is 0 Å². The molecule has 2 heterocycles. The first kappa shape index (κ1) is 21.5. The second kappa shape index (κ2) is 9.60. The number of nitrogens with zero attached hydrogens (tertiary/aromatic N) is 2. The Morgan fingerprint density at radius 3 is 2.61 bits per heavy atom. The number of carbonyl (C=O) groups is 2. The lowest BCUT2D eigenvalue weighted by atomic mass is 9.85. The maximum Gasteiger partial charge on any atom is 0.254 e. The summed E-state index contributed by atoms with van der Waals surface area (Å²) in [6.45, 7) is 1.19. The zero-order chi connectivity index (χ0) is 21.7. The molecule has 164 valence electrons. The summed E-state index contributed by atoms with van der Waals surface area (Å²) < 4.78 is 6.16. The predicted octanol–water partition coefficient (Wildman–Crippen LogP) is 3.22. The molecule has 2 fully saturated rings. The lowest BCUT2D eigenvalue weighted by Gasteiger charge is -2.43. The summed E-state index contributed by atoms with van der Waals surface area (Å²) in [6, 6.07) is 12.0. The van der Waals surface area contributed by atoms with Crippen molar-refractivity contribution in [1.29, 1.82) is 0 Å². The van der Waals surface area contributed by atoms with Crippen LogP contribution in [0, 0.1) is 5.92 Å². The molecule has 1 aliphatic heterocycles. The Morgan fingerprint density at radius 2 is 1.87 bits per heavy atom. The van der Waals surface area contributed by atoms with E-state index in [1.54, 1.807) is 19.4 Å². The molecule has 1 aromatic heterocycles. The second-order valence-electron chi connectivity index (χ2n) is 8.59. The van der Waals surface area contributed by atoms with Crippen LogP contribution in [0.5, 0.6) is 0 Å². The SMILES string of the molecule is CNC(=O)C1(Cc2ccccc2-c2ccncc2)CN(C(=O)C2CCCCC2)CCO1. The molecular weight excluding hydrogens is 390 g/mol. The van der Waals surface area contributed by atoms with E-state index in [1.165, 1.54) is 6.42 Å². The topological polar surface area (TPSA) is 71.5 Å². The molecule has 2 amide bonds. The lowest BCUT2D eigenvalue weighted by Crippen LogP contribution is -2.62. The van der Waals surface area contributed by atoms with Crippen molar-refractivity contribution in [2.75, 3.05) is 26.7 Å². The molecule has 1 saturated heterocycles. The van der Waals surface area contributed by atoms with Gasteiger partial charge in [0.1, 0.15) is 0 Å². The van der Waals surface area contributed by atoms with Crippen molar-refractivity contribution >= 4 is 11.8 Å². The second-order valence-corrected chi connectivity index (χ2v) is 8.59. The zero-order valence-corrected chi connectivity index (χ0v) is 18.2. The summed E-state index contributed by atoms with van der Waals surface area (Å²) in [5.41, 5.74) is 2.01. The van der Waals surface area contributed by atoms with Gasteiger partial charge in [-0.3, -0.25) is 14.6 Å². The molecule has 4 rings (SSSR count). The van der Waals surface area contributed by atoms with Crippen LogP contribution >= 0.6 is 0 Å². The molecular formula is C25H31N3O3. The van der Waals surface area contributed by atoms with Gasteiger partial charge < -0.3 is 15.0 Å². The number of carbonyl (C=O) groups excluding carboxylic acids is 2. The molecule has 6 nitrogen and oxygen atoms in total. The van der Waals surface area contributed by atoms with Gasteiger partial charge >= 0.3 is 0 Å². The number of likely N-dealkylation sites (N-methyl/N-ethyl adjacent to an activating group) is 1. The number of pyridine rings is 1. The molecule has 2 aromatic rings. The van der Waals surface area contributed by atoms with Gasteiger partial charge in [-0.2, -0.15) is 0 Å². The van der Waals surface area contributed by atoms with Crippen LogP contribution in [0.3, 0.4) is 0 Å². The zero-order valence-electron chi connectivity index (χ0n) is 18.2. The van der Waals surface area contributed by atoms with Crippen molar-refractivity contribution in [3.8, 4) is 11.1 Å². The van der Waals surface area contributed by atoms with Crippen molar-refractivity contribution in [2.45, 2.75) is 44.1 Å². The number of hydrogen-bond acceptors (Lipinski definition) is 4. The third-order valence-corrected chi connectivity index (χ3v) is 6.58. The van der Waals surface area contributed by atoms with E-state index in [9.17, 15) is 9.59 Å².